The molecule has 0 aliphatic rings. The molecule has 1 unspecified atom stereocenters. The summed E-state index contributed by atoms with van der Waals surface area (Å²) in [6.45, 7) is 11.9. The summed E-state index contributed by atoms with van der Waals surface area (Å²) >= 11 is 12.3. The van der Waals surface area contributed by atoms with Gasteiger partial charge in [-0.15, -0.1) is 13.2 Å². The van der Waals surface area contributed by atoms with Crippen molar-refractivity contribution < 1.29 is 4.79 Å². The van der Waals surface area contributed by atoms with Gasteiger partial charge in [0.2, 0.25) is 0 Å². The molecule has 0 amide bonds. The van der Waals surface area contributed by atoms with E-state index in [9.17, 15) is 4.79 Å². The highest BCUT2D eigenvalue weighted by Gasteiger charge is 2.19. The predicted octanol–water partition coefficient (Wildman–Crippen LogP) is 7.54. The maximum Gasteiger partial charge on any atom is 0.163 e. The summed E-state index contributed by atoms with van der Waals surface area (Å²) < 4.78 is 0. The van der Waals surface area contributed by atoms with Gasteiger partial charge in [0.1, 0.15) is 0 Å². The van der Waals surface area contributed by atoms with E-state index < -0.39 is 0 Å². The molecule has 0 saturated heterocycles. The summed E-state index contributed by atoms with van der Waals surface area (Å²) in [6, 6.07) is 10.8. The van der Waals surface area contributed by atoms with Gasteiger partial charge in [-0.1, -0.05) is 49.7 Å². The van der Waals surface area contributed by atoms with Gasteiger partial charge in [-0.3, -0.25) is 4.79 Å². The van der Waals surface area contributed by atoms with Crippen LogP contribution in [0.4, 0.5) is 11.4 Å². The lowest BCUT2D eigenvalue weighted by molar-refractivity contribution is 0.0976. The third-order valence-corrected chi connectivity index (χ3v) is 5.07. The van der Waals surface area contributed by atoms with Crippen molar-refractivity contribution in [3.8, 4) is 0 Å². The van der Waals surface area contributed by atoms with Gasteiger partial charge < -0.3 is 10.7 Å². The lowest BCUT2D eigenvalue weighted by atomic mass is 9.92. The van der Waals surface area contributed by atoms with Crippen molar-refractivity contribution in [2.45, 2.75) is 40.5 Å². The number of nitrogens with two attached hydrogens (primary N) is 1. The van der Waals surface area contributed by atoms with Gasteiger partial charge in [0.05, 0.1) is 16.4 Å². The summed E-state index contributed by atoms with van der Waals surface area (Å²) in [5.74, 6) is -0.0834. The number of carbonyl (C=O) groups excluding carboxylic acids is 1. The van der Waals surface area contributed by atoms with E-state index in [1.165, 1.54) is 0 Å². The van der Waals surface area contributed by atoms with Crippen LogP contribution in [-0.2, 0) is 0 Å². The van der Waals surface area contributed by atoms with E-state index >= 15 is 0 Å². The quantitative estimate of drug-likeness (QED) is 0.200. The normalized spacial score (nSPS) is 10.7. The lowest BCUT2D eigenvalue weighted by Crippen LogP contribution is -2.30. The Labute approximate surface area is 198 Å². The van der Waals surface area contributed by atoms with Crippen molar-refractivity contribution in [2.75, 3.05) is 24.8 Å². The third kappa shape index (κ3) is 9.60. The van der Waals surface area contributed by atoms with Crippen LogP contribution < -0.4 is 16.2 Å². The van der Waals surface area contributed by atoms with Crippen LogP contribution in [0.5, 0.6) is 0 Å². The molecular formula is C25H37Cl2N3O. The van der Waals surface area contributed by atoms with Gasteiger partial charge in [0.25, 0.3) is 0 Å². The van der Waals surface area contributed by atoms with Crippen LogP contribution in [0.3, 0.4) is 0 Å². The van der Waals surface area contributed by atoms with E-state index in [-0.39, 0.29) is 19.1 Å². The maximum atomic E-state index is 12.5. The highest BCUT2D eigenvalue weighted by Crippen LogP contribution is 2.36. The molecule has 2 aromatic rings. The van der Waals surface area contributed by atoms with Crippen LogP contribution in [0, 0.1) is 0 Å². The second kappa shape index (κ2) is 16.4. The second-order valence-corrected chi connectivity index (χ2v) is 7.20. The predicted molar refractivity (Wildman–Crippen MR) is 141 cm³/mol. The van der Waals surface area contributed by atoms with Crippen molar-refractivity contribution in [1.82, 2.24) is 5.43 Å². The molecule has 31 heavy (non-hydrogen) atoms. The average Bonchev–Trinajstić information content (AvgIpc) is 2.77. The Hall–Kier alpha value is -2.27. The van der Waals surface area contributed by atoms with Crippen molar-refractivity contribution in [3.05, 3.63) is 82.9 Å². The Morgan fingerprint density at radius 3 is 2.03 bits per heavy atom. The number of Topliss-reactive ketones (excluding diaryl/α,β-unsaturated/α-hetero) is 1. The van der Waals surface area contributed by atoms with Crippen molar-refractivity contribution >= 4 is 40.4 Å². The molecule has 4 nitrogen and oxygen atoms in total. The molecule has 0 aliphatic carbocycles. The van der Waals surface area contributed by atoms with E-state index in [0.29, 0.717) is 27.7 Å². The summed E-state index contributed by atoms with van der Waals surface area (Å²) in [4.78, 5) is 12.5. The van der Waals surface area contributed by atoms with Crippen molar-refractivity contribution in [3.63, 3.8) is 0 Å². The fraction of sp³-hybridized carbons (Fsp3) is 0.320. The lowest BCUT2D eigenvalue weighted by Gasteiger charge is -2.18. The minimum Gasteiger partial charge on any atom is -0.397 e. The largest absolute Gasteiger partial charge is 0.397 e. The highest BCUT2D eigenvalue weighted by atomic mass is 35.5. The molecule has 0 radical (unpaired) electrons. The Morgan fingerprint density at radius 2 is 1.58 bits per heavy atom. The molecule has 0 aromatic heterocycles. The van der Waals surface area contributed by atoms with E-state index in [0.717, 1.165) is 11.3 Å². The number of hydrogen-bond acceptors (Lipinski definition) is 4. The number of ketones is 1. The number of benzene rings is 2. The van der Waals surface area contributed by atoms with Crippen LogP contribution >= 0.6 is 23.2 Å². The number of hydrogen-bond donors (Lipinski definition) is 2. The first kappa shape index (κ1) is 30.9. The monoisotopic (exact) mass is 465 g/mol. The molecule has 2 aromatic carbocycles. The van der Waals surface area contributed by atoms with Crippen molar-refractivity contribution in [2.24, 2.45) is 0 Å². The summed E-state index contributed by atoms with van der Waals surface area (Å²) in [5, 5.41) is 2.85. The molecule has 172 valence electrons. The van der Waals surface area contributed by atoms with Crippen molar-refractivity contribution in [1.29, 1.82) is 0 Å². The Kier molecular flexibility index (Phi) is 16.4. The highest BCUT2D eigenvalue weighted by molar-refractivity contribution is 6.36. The van der Waals surface area contributed by atoms with Gasteiger partial charge in [0.15, 0.2) is 5.78 Å². The molecule has 1 atom stereocenters. The minimum absolute atomic E-state index is 0. The third-order valence-electron chi connectivity index (χ3n) is 4.41. The Bertz CT molecular complexity index is 816. The number of anilines is 2. The first-order valence-corrected chi connectivity index (χ1v) is 10.4. The summed E-state index contributed by atoms with van der Waals surface area (Å²) in [5.41, 5.74) is 11.8. The number of nitrogens with one attached hydrogen (secondary N) is 1. The molecule has 6 heteroatoms. The van der Waals surface area contributed by atoms with E-state index in [4.69, 9.17) is 28.9 Å². The molecule has 0 spiro atoms. The Balaban J connectivity index is 0. The molecule has 0 fully saturated rings. The number of nitrogen functional groups attached to an aromatic ring is 1. The molecule has 0 aliphatic heterocycles. The van der Waals surface area contributed by atoms with Crippen LogP contribution in [0.2, 0.25) is 10.0 Å². The number of rotatable bonds is 6. The topological polar surface area (TPSA) is 58.4 Å². The van der Waals surface area contributed by atoms with Gasteiger partial charge >= 0.3 is 0 Å². The second-order valence-electron chi connectivity index (χ2n) is 6.38. The molecule has 2 rings (SSSR count). The molecular weight excluding hydrogens is 429 g/mol. The number of hydrazine groups is 1. The zero-order valence-electron chi connectivity index (χ0n) is 18.5. The minimum atomic E-state index is -0.122. The van der Waals surface area contributed by atoms with E-state index in [1.807, 2.05) is 76.3 Å². The van der Waals surface area contributed by atoms with Gasteiger partial charge in [-0.05, 0) is 61.7 Å². The first-order chi connectivity index (χ1) is 14.3. The SMILES string of the molecule is C.C/C=C\C.C=C.CNN(C)c1ccc(C(=O)CC(C)c2c(Cl)ccc(Cl)c2N)cc1. The Morgan fingerprint density at radius 1 is 1.10 bits per heavy atom. The number of allylic oxidation sites excluding steroid dienone is 2. The standard InChI is InChI=1S/C18H21Cl2N3O.C4H8.C2H4.CH4/c1-11(17-14(19)8-9-15(20)18(17)21)10-16(24)12-4-6-13(7-5-12)23(3)22-2;1-3-4-2;1-2;/h4-9,11,22H,10,21H2,1-3H3;3-4H,1-2H3;1-2H2;1H4/b;4-3-;;. The van der Waals surface area contributed by atoms with Gasteiger partial charge in [-0.25, -0.2) is 5.43 Å². The smallest absolute Gasteiger partial charge is 0.163 e. The average molecular weight is 466 g/mol. The molecule has 3 N–H and O–H groups in total. The number of halogens is 2. The molecule has 0 heterocycles. The summed E-state index contributed by atoms with van der Waals surface area (Å²) in [7, 11) is 3.74. The van der Waals surface area contributed by atoms with Crippen LogP contribution in [0.25, 0.3) is 0 Å². The van der Waals surface area contributed by atoms with Crippen LogP contribution in [0.15, 0.2) is 61.7 Å². The fourth-order valence-corrected chi connectivity index (χ4v) is 3.10. The van der Waals surface area contributed by atoms with E-state index in [2.05, 4.69) is 18.6 Å². The maximum absolute atomic E-state index is 12.5. The number of carbonyl (C=O) groups is 1. The van der Waals surface area contributed by atoms with Gasteiger partial charge in [0, 0.05) is 31.1 Å². The molecule has 0 saturated carbocycles. The molecule has 0 bridgehead atoms. The van der Waals surface area contributed by atoms with Crippen LogP contribution in [-0.4, -0.2) is 19.9 Å². The first-order valence-electron chi connectivity index (χ1n) is 9.61. The van der Waals surface area contributed by atoms with Gasteiger partial charge in [-0.2, -0.15) is 0 Å². The zero-order valence-corrected chi connectivity index (χ0v) is 20.0. The van der Waals surface area contributed by atoms with Crippen LogP contribution in [0.1, 0.15) is 56.5 Å². The van der Waals surface area contributed by atoms with E-state index in [1.54, 1.807) is 12.1 Å². The fourth-order valence-electron chi connectivity index (χ4n) is 2.58. The summed E-state index contributed by atoms with van der Waals surface area (Å²) in [6.07, 6.45) is 4.31. The number of nitrogens with zero attached hydrogens (tertiary/aromatic N) is 1. The zero-order chi connectivity index (χ0) is 23.3.